The van der Waals surface area contributed by atoms with Gasteiger partial charge in [-0.25, -0.2) is 4.98 Å². The van der Waals surface area contributed by atoms with Gasteiger partial charge in [0.25, 0.3) is 0 Å². The number of ether oxygens (including phenoxy) is 2. The van der Waals surface area contributed by atoms with Crippen LogP contribution in [0.2, 0.25) is 0 Å². The molecule has 1 aliphatic carbocycles. The molecule has 1 fully saturated rings. The summed E-state index contributed by atoms with van der Waals surface area (Å²) in [5.41, 5.74) is 9.12. The van der Waals surface area contributed by atoms with Gasteiger partial charge in [-0.3, -0.25) is 4.79 Å². The minimum absolute atomic E-state index is 0.0152. The van der Waals surface area contributed by atoms with Crippen LogP contribution in [0.25, 0.3) is 11.1 Å². The largest absolute Gasteiger partial charge is 0.492 e. The summed E-state index contributed by atoms with van der Waals surface area (Å²) in [5, 5.41) is 2.91. The summed E-state index contributed by atoms with van der Waals surface area (Å²) in [6, 6.07) is 7.77. The van der Waals surface area contributed by atoms with Gasteiger partial charge >= 0.3 is 0 Å². The molecule has 3 N–H and O–H groups in total. The van der Waals surface area contributed by atoms with Crippen molar-refractivity contribution in [2.24, 2.45) is 17.6 Å². The number of anilines is 1. The highest BCUT2D eigenvalue weighted by Crippen LogP contribution is 2.40. The highest BCUT2D eigenvalue weighted by atomic mass is 16.5. The fourth-order valence-corrected chi connectivity index (χ4v) is 3.46. The molecule has 6 nitrogen and oxygen atoms in total. The van der Waals surface area contributed by atoms with Gasteiger partial charge in [0, 0.05) is 35.3 Å². The standard InChI is InChI=1S/C22H27N3O3/c1-13(2)7-16(23)12-27-17-5-6-18-19-9-21(25-22(26)14-3-4-14)24-10-15(19)11-28-20(18)8-17/h5-6,8-10,13-14,16H,3-4,7,11-12,23H2,1-2H3,(H,24,25,26)/t16-/m0/s1. The first-order valence-electron chi connectivity index (χ1n) is 9.95. The van der Waals surface area contributed by atoms with Crippen molar-refractivity contribution in [3.63, 3.8) is 0 Å². The van der Waals surface area contributed by atoms with Crippen molar-refractivity contribution in [1.29, 1.82) is 0 Å². The van der Waals surface area contributed by atoms with E-state index in [1.165, 1.54) is 0 Å². The lowest BCUT2D eigenvalue weighted by molar-refractivity contribution is -0.117. The Morgan fingerprint density at radius 2 is 2.14 bits per heavy atom. The molecule has 1 aromatic carbocycles. The molecular weight excluding hydrogens is 354 g/mol. The summed E-state index contributed by atoms with van der Waals surface area (Å²) in [6.45, 7) is 5.23. The molecule has 1 atom stereocenters. The normalized spacial score (nSPS) is 16.0. The van der Waals surface area contributed by atoms with E-state index < -0.39 is 0 Å². The average molecular weight is 381 g/mol. The SMILES string of the molecule is CC(C)C[C@H](N)COc1ccc2c(c1)OCc1cnc(NC(=O)C3CC3)cc1-2. The molecule has 0 bridgehead atoms. The van der Waals surface area contributed by atoms with Crippen LogP contribution < -0.4 is 20.5 Å². The minimum Gasteiger partial charge on any atom is -0.492 e. The maximum Gasteiger partial charge on any atom is 0.228 e. The number of carbonyl (C=O) groups is 1. The van der Waals surface area contributed by atoms with Crippen molar-refractivity contribution in [2.75, 3.05) is 11.9 Å². The number of nitrogens with one attached hydrogen (secondary N) is 1. The van der Waals surface area contributed by atoms with Crippen LogP contribution in [0.15, 0.2) is 30.5 Å². The maximum absolute atomic E-state index is 12.0. The molecule has 2 heterocycles. The van der Waals surface area contributed by atoms with Gasteiger partial charge in [-0.2, -0.15) is 0 Å². The van der Waals surface area contributed by atoms with Gasteiger partial charge in [-0.15, -0.1) is 0 Å². The smallest absolute Gasteiger partial charge is 0.228 e. The Hall–Kier alpha value is -2.60. The number of rotatable bonds is 7. The Kier molecular flexibility index (Phi) is 5.22. The van der Waals surface area contributed by atoms with Crippen molar-refractivity contribution in [3.8, 4) is 22.6 Å². The van der Waals surface area contributed by atoms with E-state index in [2.05, 4.69) is 24.1 Å². The average Bonchev–Trinajstić information content (AvgIpc) is 3.51. The molecular formula is C22H27N3O3. The highest BCUT2D eigenvalue weighted by Gasteiger charge is 2.30. The number of benzene rings is 1. The number of nitrogens with two attached hydrogens (primary N) is 1. The monoisotopic (exact) mass is 381 g/mol. The number of hydrogen-bond donors (Lipinski definition) is 2. The van der Waals surface area contributed by atoms with E-state index in [0.717, 1.165) is 47.5 Å². The summed E-state index contributed by atoms with van der Waals surface area (Å²) in [6.07, 6.45) is 4.64. The summed E-state index contributed by atoms with van der Waals surface area (Å²) in [5.74, 6) is 2.86. The van der Waals surface area contributed by atoms with Crippen LogP contribution in [0.1, 0.15) is 38.7 Å². The number of nitrogens with zero attached hydrogens (tertiary/aromatic N) is 1. The Bertz CT molecular complexity index is 877. The molecule has 0 saturated heterocycles. The molecule has 6 heteroatoms. The molecule has 0 spiro atoms. The van der Waals surface area contributed by atoms with Crippen LogP contribution in [-0.4, -0.2) is 23.5 Å². The van der Waals surface area contributed by atoms with E-state index in [0.29, 0.717) is 24.9 Å². The van der Waals surface area contributed by atoms with Gasteiger partial charge in [0.15, 0.2) is 0 Å². The van der Waals surface area contributed by atoms with Crippen LogP contribution in [-0.2, 0) is 11.4 Å². The molecule has 0 unspecified atom stereocenters. The second-order valence-electron chi connectivity index (χ2n) is 8.14. The number of fused-ring (bicyclic) bond motifs is 3. The quantitative estimate of drug-likeness (QED) is 0.763. The Morgan fingerprint density at radius 3 is 2.89 bits per heavy atom. The van der Waals surface area contributed by atoms with Gasteiger partial charge in [-0.05, 0) is 48.9 Å². The van der Waals surface area contributed by atoms with Crippen molar-refractivity contribution in [2.45, 2.75) is 45.8 Å². The number of hydrogen-bond acceptors (Lipinski definition) is 5. The number of amides is 1. The molecule has 4 rings (SSSR count). The summed E-state index contributed by atoms with van der Waals surface area (Å²) < 4.78 is 11.8. The Labute approximate surface area is 165 Å². The van der Waals surface area contributed by atoms with Crippen molar-refractivity contribution >= 4 is 11.7 Å². The molecule has 1 aromatic heterocycles. The third kappa shape index (κ3) is 4.28. The molecule has 1 amide bonds. The van der Waals surface area contributed by atoms with Gasteiger partial charge in [0.2, 0.25) is 5.91 Å². The molecule has 148 valence electrons. The van der Waals surface area contributed by atoms with Gasteiger partial charge in [-0.1, -0.05) is 13.8 Å². The molecule has 1 saturated carbocycles. The summed E-state index contributed by atoms with van der Waals surface area (Å²) in [4.78, 5) is 16.4. The van der Waals surface area contributed by atoms with E-state index in [4.69, 9.17) is 15.2 Å². The third-order valence-electron chi connectivity index (χ3n) is 5.05. The van der Waals surface area contributed by atoms with Crippen molar-refractivity contribution in [3.05, 3.63) is 36.0 Å². The molecule has 28 heavy (non-hydrogen) atoms. The first kappa shape index (κ1) is 18.7. The van der Waals surface area contributed by atoms with Gasteiger partial charge < -0.3 is 20.5 Å². The lowest BCUT2D eigenvalue weighted by Crippen LogP contribution is -2.29. The zero-order valence-electron chi connectivity index (χ0n) is 16.4. The number of pyridine rings is 1. The number of aromatic nitrogens is 1. The molecule has 2 aliphatic rings. The maximum atomic E-state index is 12.0. The summed E-state index contributed by atoms with van der Waals surface area (Å²) >= 11 is 0. The first-order chi connectivity index (χ1) is 13.5. The van der Waals surface area contributed by atoms with E-state index in [-0.39, 0.29) is 17.9 Å². The van der Waals surface area contributed by atoms with E-state index in [1.54, 1.807) is 6.20 Å². The van der Waals surface area contributed by atoms with Gasteiger partial charge in [0.1, 0.15) is 30.5 Å². The zero-order chi connectivity index (χ0) is 19.7. The topological polar surface area (TPSA) is 86.5 Å². The zero-order valence-corrected chi connectivity index (χ0v) is 16.4. The lowest BCUT2D eigenvalue weighted by atomic mass is 9.98. The number of carbonyl (C=O) groups excluding carboxylic acids is 1. The Morgan fingerprint density at radius 1 is 1.32 bits per heavy atom. The molecule has 2 aromatic rings. The van der Waals surface area contributed by atoms with Gasteiger partial charge in [0.05, 0.1) is 0 Å². The summed E-state index contributed by atoms with van der Waals surface area (Å²) in [7, 11) is 0. The molecule has 0 radical (unpaired) electrons. The second kappa shape index (κ2) is 7.80. The van der Waals surface area contributed by atoms with E-state index >= 15 is 0 Å². The van der Waals surface area contributed by atoms with E-state index in [1.807, 2.05) is 24.3 Å². The van der Waals surface area contributed by atoms with E-state index in [9.17, 15) is 4.79 Å². The van der Waals surface area contributed by atoms with Crippen molar-refractivity contribution < 1.29 is 14.3 Å². The van der Waals surface area contributed by atoms with Crippen molar-refractivity contribution in [1.82, 2.24) is 4.98 Å². The van der Waals surface area contributed by atoms with Crippen LogP contribution in [0.5, 0.6) is 11.5 Å². The third-order valence-corrected chi connectivity index (χ3v) is 5.05. The van der Waals surface area contributed by atoms with Crippen LogP contribution in [0.3, 0.4) is 0 Å². The lowest BCUT2D eigenvalue weighted by Gasteiger charge is -2.22. The molecule has 1 aliphatic heterocycles. The van der Waals surface area contributed by atoms with Crippen LogP contribution in [0.4, 0.5) is 5.82 Å². The first-order valence-corrected chi connectivity index (χ1v) is 9.95. The Balaban J connectivity index is 1.49. The second-order valence-corrected chi connectivity index (χ2v) is 8.14. The fourth-order valence-electron chi connectivity index (χ4n) is 3.46. The predicted octanol–water partition coefficient (Wildman–Crippen LogP) is 3.74. The highest BCUT2D eigenvalue weighted by molar-refractivity contribution is 5.94. The van der Waals surface area contributed by atoms with Crippen LogP contribution >= 0.6 is 0 Å². The fraction of sp³-hybridized carbons (Fsp3) is 0.455. The van der Waals surface area contributed by atoms with Crippen LogP contribution in [0, 0.1) is 11.8 Å². The minimum atomic E-state index is 0.0152. The predicted molar refractivity (Wildman–Crippen MR) is 108 cm³/mol.